The SMILES string of the molecule is CCOc1ncccc1CNC(=O)c1ccnc2ccccc12. The van der Waals surface area contributed by atoms with Crippen LogP contribution >= 0.6 is 0 Å². The van der Waals surface area contributed by atoms with Gasteiger partial charge in [0, 0.05) is 29.9 Å². The Morgan fingerprint density at radius 2 is 1.96 bits per heavy atom. The number of benzene rings is 1. The molecule has 23 heavy (non-hydrogen) atoms. The number of nitrogens with zero attached hydrogens (tertiary/aromatic N) is 2. The van der Waals surface area contributed by atoms with Gasteiger partial charge in [-0.25, -0.2) is 4.98 Å². The first kappa shape index (κ1) is 15.0. The summed E-state index contributed by atoms with van der Waals surface area (Å²) < 4.78 is 5.47. The third-order valence-electron chi connectivity index (χ3n) is 3.46. The number of hydrogen-bond donors (Lipinski definition) is 1. The number of nitrogens with one attached hydrogen (secondary N) is 1. The minimum Gasteiger partial charge on any atom is -0.478 e. The molecule has 0 aliphatic heterocycles. The van der Waals surface area contributed by atoms with E-state index in [0.29, 0.717) is 24.6 Å². The molecule has 2 aromatic heterocycles. The van der Waals surface area contributed by atoms with E-state index >= 15 is 0 Å². The highest BCUT2D eigenvalue weighted by molar-refractivity contribution is 6.05. The number of ether oxygens (including phenoxy) is 1. The van der Waals surface area contributed by atoms with Gasteiger partial charge >= 0.3 is 0 Å². The van der Waals surface area contributed by atoms with Gasteiger partial charge in [0.2, 0.25) is 5.88 Å². The van der Waals surface area contributed by atoms with Crippen LogP contribution in [0.2, 0.25) is 0 Å². The lowest BCUT2D eigenvalue weighted by molar-refractivity contribution is 0.0952. The zero-order valence-corrected chi connectivity index (χ0v) is 12.8. The van der Waals surface area contributed by atoms with Gasteiger partial charge in [0.1, 0.15) is 0 Å². The minimum atomic E-state index is -0.144. The van der Waals surface area contributed by atoms with E-state index in [2.05, 4.69) is 15.3 Å². The molecular weight excluding hydrogens is 290 g/mol. The van der Waals surface area contributed by atoms with Crippen molar-refractivity contribution in [1.82, 2.24) is 15.3 Å². The maximum Gasteiger partial charge on any atom is 0.252 e. The molecule has 0 aliphatic rings. The molecule has 0 bridgehead atoms. The van der Waals surface area contributed by atoms with Crippen molar-refractivity contribution in [1.29, 1.82) is 0 Å². The first-order chi connectivity index (χ1) is 11.3. The molecule has 0 atom stereocenters. The fourth-order valence-electron chi connectivity index (χ4n) is 2.39. The number of carbonyl (C=O) groups is 1. The molecule has 0 radical (unpaired) electrons. The van der Waals surface area contributed by atoms with Gasteiger partial charge in [-0.1, -0.05) is 24.3 Å². The molecule has 1 N–H and O–H groups in total. The van der Waals surface area contributed by atoms with Crippen molar-refractivity contribution in [2.45, 2.75) is 13.5 Å². The minimum absolute atomic E-state index is 0.144. The second-order valence-corrected chi connectivity index (χ2v) is 4.96. The summed E-state index contributed by atoms with van der Waals surface area (Å²) in [5, 5.41) is 3.76. The number of rotatable bonds is 5. The van der Waals surface area contributed by atoms with E-state index in [1.165, 1.54) is 0 Å². The molecular formula is C18H17N3O2. The summed E-state index contributed by atoms with van der Waals surface area (Å²) >= 11 is 0. The van der Waals surface area contributed by atoms with Crippen LogP contribution in [-0.4, -0.2) is 22.5 Å². The summed E-state index contributed by atoms with van der Waals surface area (Å²) in [4.78, 5) is 21.0. The van der Waals surface area contributed by atoms with E-state index in [1.807, 2.05) is 43.3 Å². The lowest BCUT2D eigenvalue weighted by atomic mass is 10.1. The zero-order chi connectivity index (χ0) is 16.1. The smallest absolute Gasteiger partial charge is 0.252 e. The van der Waals surface area contributed by atoms with Crippen LogP contribution < -0.4 is 10.1 Å². The maximum atomic E-state index is 12.5. The summed E-state index contributed by atoms with van der Waals surface area (Å²) in [5.41, 5.74) is 2.26. The predicted molar refractivity (Wildman–Crippen MR) is 88.3 cm³/mol. The van der Waals surface area contributed by atoms with Crippen molar-refractivity contribution in [3.8, 4) is 5.88 Å². The number of fused-ring (bicyclic) bond motifs is 1. The number of aromatic nitrogens is 2. The van der Waals surface area contributed by atoms with Crippen LogP contribution in [0.3, 0.4) is 0 Å². The summed E-state index contributed by atoms with van der Waals surface area (Å²) in [7, 11) is 0. The molecule has 0 unspecified atom stereocenters. The van der Waals surface area contributed by atoms with Crippen LogP contribution in [0.4, 0.5) is 0 Å². The fraction of sp³-hybridized carbons (Fsp3) is 0.167. The monoisotopic (exact) mass is 307 g/mol. The Hall–Kier alpha value is -2.95. The van der Waals surface area contributed by atoms with Crippen molar-refractivity contribution < 1.29 is 9.53 Å². The molecule has 5 nitrogen and oxygen atoms in total. The summed E-state index contributed by atoms with van der Waals surface area (Å²) in [6, 6.07) is 13.0. The zero-order valence-electron chi connectivity index (χ0n) is 12.8. The number of carbonyl (C=O) groups excluding carboxylic acids is 1. The van der Waals surface area contributed by atoms with Crippen LogP contribution in [0.5, 0.6) is 5.88 Å². The third kappa shape index (κ3) is 3.29. The van der Waals surface area contributed by atoms with Gasteiger partial charge in [0.25, 0.3) is 5.91 Å². The summed E-state index contributed by atoms with van der Waals surface area (Å²) in [5.74, 6) is 0.407. The molecule has 116 valence electrons. The maximum absolute atomic E-state index is 12.5. The van der Waals surface area contributed by atoms with Gasteiger partial charge in [-0.2, -0.15) is 0 Å². The van der Waals surface area contributed by atoms with Crippen LogP contribution in [0.25, 0.3) is 10.9 Å². The standard InChI is InChI=1S/C18H17N3O2/c1-2-23-18-13(6-5-10-20-18)12-21-17(22)15-9-11-19-16-8-4-3-7-14(15)16/h3-11H,2,12H2,1H3,(H,21,22). The molecule has 1 amide bonds. The average Bonchev–Trinajstić information content (AvgIpc) is 2.60. The molecule has 0 saturated carbocycles. The van der Waals surface area contributed by atoms with E-state index in [-0.39, 0.29) is 5.91 Å². The molecule has 5 heteroatoms. The van der Waals surface area contributed by atoms with Crippen LogP contribution in [0.1, 0.15) is 22.8 Å². The molecule has 0 aliphatic carbocycles. The normalized spacial score (nSPS) is 10.5. The summed E-state index contributed by atoms with van der Waals surface area (Å²) in [6.07, 6.45) is 3.32. The van der Waals surface area contributed by atoms with Crippen LogP contribution in [0.15, 0.2) is 54.9 Å². The summed E-state index contributed by atoms with van der Waals surface area (Å²) in [6.45, 7) is 2.80. The van der Waals surface area contributed by atoms with Crippen molar-refractivity contribution in [3.05, 3.63) is 66.0 Å². The number of hydrogen-bond acceptors (Lipinski definition) is 4. The Balaban J connectivity index is 1.80. The van der Waals surface area contributed by atoms with E-state index in [4.69, 9.17) is 4.74 Å². The highest BCUT2D eigenvalue weighted by Gasteiger charge is 2.11. The first-order valence-electron chi connectivity index (χ1n) is 7.48. The second kappa shape index (κ2) is 6.87. The molecule has 3 aromatic rings. The van der Waals surface area contributed by atoms with E-state index < -0.39 is 0 Å². The Labute approximate surface area is 134 Å². The van der Waals surface area contributed by atoms with Gasteiger partial charge in [-0.15, -0.1) is 0 Å². The Morgan fingerprint density at radius 1 is 1.09 bits per heavy atom. The first-order valence-corrected chi connectivity index (χ1v) is 7.48. The number of amides is 1. The Morgan fingerprint density at radius 3 is 2.83 bits per heavy atom. The van der Waals surface area contributed by atoms with Crippen LogP contribution in [-0.2, 0) is 6.54 Å². The highest BCUT2D eigenvalue weighted by atomic mass is 16.5. The fourth-order valence-corrected chi connectivity index (χ4v) is 2.39. The van der Waals surface area contributed by atoms with Gasteiger partial charge in [0.05, 0.1) is 17.7 Å². The highest BCUT2D eigenvalue weighted by Crippen LogP contribution is 2.17. The molecule has 1 aromatic carbocycles. The lowest BCUT2D eigenvalue weighted by Gasteiger charge is -2.10. The average molecular weight is 307 g/mol. The van der Waals surface area contributed by atoms with Crippen molar-refractivity contribution >= 4 is 16.8 Å². The molecule has 0 fully saturated rings. The van der Waals surface area contributed by atoms with Gasteiger partial charge in [-0.3, -0.25) is 9.78 Å². The Bertz CT molecular complexity index is 828. The van der Waals surface area contributed by atoms with Gasteiger partial charge in [0.15, 0.2) is 0 Å². The molecule has 3 rings (SSSR count). The number of para-hydroxylation sites is 1. The molecule has 0 spiro atoms. The van der Waals surface area contributed by atoms with E-state index in [1.54, 1.807) is 18.5 Å². The lowest BCUT2D eigenvalue weighted by Crippen LogP contribution is -2.23. The topological polar surface area (TPSA) is 64.1 Å². The van der Waals surface area contributed by atoms with E-state index in [9.17, 15) is 4.79 Å². The largest absolute Gasteiger partial charge is 0.478 e. The quantitative estimate of drug-likeness (QED) is 0.787. The predicted octanol–water partition coefficient (Wildman–Crippen LogP) is 2.96. The third-order valence-corrected chi connectivity index (χ3v) is 3.46. The van der Waals surface area contributed by atoms with Gasteiger partial charge < -0.3 is 10.1 Å². The molecule has 0 saturated heterocycles. The van der Waals surface area contributed by atoms with Gasteiger partial charge in [-0.05, 0) is 25.1 Å². The molecule has 2 heterocycles. The Kier molecular flexibility index (Phi) is 4.47. The van der Waals surface area contributed by atoms with Crippen molar-refractivity contribution in [2.75, 3.05) is 6.61 Å². The number of pyridine rings is 2. The second-order valence-electron chi connectivity index (χ2n) is 4.96. The van der Waals surface area contributed by atoms with Crippen molar-refractivity contribution in [2.24, 2.45) is 0 Å². The van der Waals surface area contributed by atoms with Crippen molar-refractivity contribution in [3.63, 3.8) is 0 Å². The van der Waals surface area contributed by atoms with E-state index in [0.717, 1.165) is 16.5 Å². The van der Waals surface area contributed by atoms with Crippen LogP contribution in [0, 0.1) is 0 Å².